The van der Waals surface area contributed by atoms with Gasteiger partial charge >= 0.3 is 5.97 Å². The highest BCUT2D eigenvalue weighted by molar-refractivity contribution is 6.00. The molecular weight excluding hydrogens is 302 g/mol. The van der Waals surface area contributed by atoms with E-state index in [-0.39, 0.29) is 16.9 Å². The second kappa shape index (κ2) is 5.49. The molecule has 4 nitrogen and oxygen atoms in total. The highest BCUT2D eigenvalue weighted by atomic mass is 16.4. The molecule has 4 heteroatoms. The van der Waals surface area contributed by atoms with Crippen LogP contribution in [0.5, 0.6) is 5.75 Å². The first-order valence-electron chi connectivity index (χ1n) is 7.75. The molecule has 0 saturated heterocycles. The average molecular weight is 316 g/mol. The smallest absolute Gasteiger partial charge is 0.335 e. The Labute approximate surface area is 138 Å². The predicted octanol–water partition coefficient (Wildman–Crippen LogP) is 3.46. The summed E-state index contributed by atoms with van der Waals surface area (Å²) in [5.74, 6) is -1.30. The number of carboxylic acids is 1. The van der Waals surface area contributed by atoms with Crippen LogP contribution in [0.1, 0.15) is 27.0 Å². The molecule has 118 valence electrons. The molecule has 0 heterocycles. The van der Waals surface area contributed by atoms with Crippen molar-refractivity contribution in [3.8, 4) is 5.75 Å². The van der Waals surface area contributed by atoms with E-state index in [1.807, 2.05) is 18.2 Å². The fourth-order valence-corrected chi connectivity index (χ4v) is 3.27. The molecule has 24 heavy (non-hydrogen) atoms. The van der Waals surface area contributed by atoms with Crippen LogP contribution >= 0.6 is 0 Å². The Morgan fingerprint density at radius 1 is 1.08 bits per heavy atom. The highest BCUT2D eigenvalue weighted by Crippen LogP contribution is 2.36. The Hall–Kier alpha value is -3.14. The van der Waals surface area contributed by atoms with Gasteiger partial charge in [-0.05, 0) is 53.1 Å². The molecule has 0 aromatic heterocycles. The van der Waals surface area contributed by atoms with Gasteiger partial charge in [0.25, 0.3) is 0 Å². The molecule has 0 aliphatic heterocycles. The minimum absolute atomic E-state index is 0.0801. The van der Waals surface area contributed by atoms with Gasteiger partial charge in [0.15, 0.2) is 0 Å². The number of aryl methyl sites for hydroxylation is 2. The summed E-state index contributed by atoms with van der Waals surface area (Å²) in [5.41, 5.74) is 3.81. The normalized spacial score (nSPS) is 13.0. The Morgan fingerprint density at radius 3 is 2.67 bits per heavy atom. The summed E-state index contributed by atoms with van der Waals surface area (Å²) in [5, 5.41) is 23.3. The summed E-state index contributed by atoms with van der Waals surface area (Å²) in [6.07, 6.45) is 3.55. The zero-order valence-corrected chi connectivity index (χ0v) is 12.8. The molecule has 1 aliphatic rings. The fourth-order valence-electron chi connectivity index (χ4n) is 3.27. The molecule has 1 N–H and O–H groups in total. The summed E-state index contributed by atoms with van der Waals surface area (Å²) in [6, 6.07) is 14.2. The SMILES string of the molecule is O=C(O)c1ccc([O-])c(C=Nc2ccc3c4c(cccc24)CC3)c1. The molecule has 1 aliphatic carbocycles. The van der Waals surface area contributed by atoms with Gasteiger partial charge in [0.2, 0.25) is 0 Å². The van der Waals surface area contributed by atoms with Crippen molar-refractivity contribution in [3.05, 3.63) is 70.8 Å². The molecule has 0 atom stereocenters. The Balaban J connectivity index is 1.80. The fraction of sp³-hybridized carbons (Fsp3) is 0.100. The molecule has 0 bridgehead atoms. The third kappa shape index (κ3) is 2.33. The first-order chi connectivity index (χ1) is 11.6. The van der Waals surface area contributed by atoms with Gasteiger partial charge in [-0.2, -0.15) is 0 Å². The monoisotopic (exact) mass is 316 g/mol. The zero-order chi connectivity index (χ0) is 16.7. The molecule has 0 amide bonds. The predicted molar refractivity (Wildman–Crippen MR) is 91.5 cm³/mol. The van der Waals surface area contributed by atoms with Crippen molar-refractivity contribution in [2.75, 3.05) is 0 Å². The van der Waals surface area contributed by atoms with Crippen LogP contribution in [0.15, 0.2) is 53.5 Å². The molecule has 3 aromatic carbocycles. The number of benzene rings is 3. The van der Waals surface area contributed by atoms with Crippen LogP contribution in [-0.4, -0.2) is 17.3 Å². The van der Waals surface area contributed by atoms with Crippen LogP contribution in [0.25, 0.3) is 10.8 Å². The van der Waals surface area contributed by atoms with Crippen molar-refractivity contribution >= 4 is 28.6 Å². The second-order valence-corrected chi connectivity index (χ2v) is 5.90. The Kier molecular flexibility index (Phi) is 3.31. The average Bonchev–Trinajstić information content (AvgIpc) is 3.00. The maximum absolute atomic E-state index is 11.9. The number of rotatable bonds is 3. The first-order valence-corrected chi connectivity index (χ1v) is 7.75. The van der Waals surface area contributed by atoms with E-state index in [9.17, 15) is 9.90 Å². The lowest BCUT2D eigenvalue weighted by Gasteiger charge is -2.10. The van der Waals surface area contributed by atoms with Crippen LogP contribution in [0.3, 0.4) is 0 Å². The van der Waals surface area contributed by atoms with Gasteiger partial charge in [-0.1, -0.05) is 30.3 Å². The lowest BCUT2D eigenvalue weighted by atomic mass is 10.0. The number of aliphatic imine (C=N–C) groups is 1. The maximum atomic E-state index is 11.9. The summed E-state index contributed by atoms with van der Waals surface area (Å²) in [6.45, 7) is 0. The van der Waals surface area contributed by atoms with Gasteiger partial charge < -0.3 is 10.2 Å². The minimum atomic E-state index is -1.06. The molecule has 3 aromatic rings. The zero-order valence-electron chi connectivity index (χ0n) is 12.8. The van der Waals surface area contributed by atoms with Crippen LogP contribution in [0, 0.1) is 0 Å². The maximum Gasteiger partial charge on any atom is 0.335 e. The topological polar surface area (TPSA) is 72.7 Å². The van der Waals surface area contributed by atoms with Gasteiger partial charge in [0.1, 0.15) is 0 Å². The number of nitrogens with zero attached hydrogens (tertiary/aromatic N) is 1. The summed E-state index contributed by atoms with van der Waals surface area (Å²) >= 11 is 0. The van der Waals surface area contributed by atoms with Crippen molar-refractivity contribution < 1.29 is 15.0 Å². The molecule has 0 radical (unpaired) electrons. The van der Waals surface area contributed by atoms with E-state index >= 15 is 0 Å². The van der Waals surface area contributed by atoms with Gasteiger partial charge in [-0.25, -0.2) is 4.79 Å². The van der Waals surface area contributed by atoms with Crippen molar-refractivity contribution in [2.45, 2.75) is 12.8 Å². The number of carboxylic acid groups (broad SMARTS) is 1. The quantitative estimate of drug-likeness (QED) is 0.752. The van der Waals surface area contributed by atoms with Crippen molar-refractivity contribution in [1.29, 1.82) is 0 Å². The van der Waals surface area contributed by atoms with Gasteiger partial charge in [-0.3, -0.25) is 4.99 Å². The standard InChI is InChI=1S/C20H15NO3/c22-18-9-7-14(20(23)24)10-15(18)11-21-17-8-6-13-5-4-12-2-1-3-16(17)19(12)13/h1-3,6-11,22H,4-5H2,(H,23,24)/p-1. The van der Waals surface area contributed by atoms with Crippen LogP contribution in [0.4, 0.5) is 5.69 Å². The van der Waals surface area contributed by atoms with Crippen molar-refractivity contribution in [1.82, 2.24) is 0 Å². The van der Waals surface area contributed by atoms with E-state index < -0.39 is 5.97 Å². The summed E-state index contributed by atoms with van der Waals surface area (Å²) in [7, 11) is 0. The van der Waals surface area contributed by atoms with Crippen LogP contribution in [-0.2, 0) is 12.8 Å². The van der Waals surface area contributed by atoms with E-state index in [0.29, 0.717) is 0 Å². The largest absolute Gasteiger partial charge is 0.872 e. The van der Waals surface area contributed by atoms with E-state index in [2.05, 4.69) is 17.1 Å². The van der Waals surface area contributed by atoms with Crippen LogP contribution in [0.2, 0.25) is 0 Å². The molecular formula is C20H14NO3-. The van der Waals surface area contributed by atoms with Gasteiger partial charge in [-0.15, -0.1) is 5.75 Å². The molecule has 0 saturated carbocycles. The van der Waals surface area contributed by atoms with Crippen LogP contribution < -0.4 is 5.11 Å². The third-order valence-corrected chi connectivity index (χ3v) is 4.45. The van der Waals surface area contributed by atoms with Crippen molar-refractivity contribution in [2.24, 2.45) is 4.99 Å². The second-order valence-electron chi connectivity index (χ2n) is 5.90. The first kappa shape index (κ1) is 14.5. The number of aromatic carboxylic acids is 1. The summed E-state index contributed by atoms with van der Waals surface area (Å²) < 4.78 is 0. The van der Waals surface area contributed by atoms with E-state index in [1.54, 1.807) is 0 Å². The Bertz CT molecular complexity index is 995. The highest BCUT2D eigenvalue weighted by Gasteiger charge is 2.15. The van der Waals surface area contributed by atoms with E-state index in [4.69, 9.17) is 5.11 Å². The number of hydrogen-bond acceptors (Lipinski definition) is 3. The lowest BCUT2D eigenvalue weighted by Crippen LogP contribution is -2.01. The summed E-state index contributed by atoms with van der Waals surface area (Å²) in [4.78, 5) is 15.5. The number of carbonyl (C=O) groups is 1. The van der Waals surface area contributed by atoms with E-state index in [0.717, 1.165) is 23.9 Å². The van der Waals surface area contributed by atoms with Crippen molar-refractivity contribution in [3.63, 3.8) is 0 Å². The molecule has 0 spiro atoms. The molecule has 0 fully saturated rings. The van der Waals surface area contributed by atoms with Gasteiger partial charge in [0.05, 0.1) is 11.3 Å². The minimum Gasteiger partial charge on any atom is -0.872 e. The number of hydrogen-bond donors (Lipinski definition) is 1. The lowest BCUT2D eigenvalue weighted by molar-refractivity contribution is -0.268. The Morgan fingerprint density at radius 2 is 1.88 bits per heavy atom. The molecule has 0 unspecified atom stereocenters. The third-order valence-electron chi connectivity index (χ3n) is 4.45. The molecule has 4 rings (SSSR count). The van der Waals surface area contributed by atoms with E-state index in [1.165, 1.54) is 40.9 Å². The van der Waals surface area contributed by atoms with Gasteiger partial charge in [0, 0.05) is 11.6 Å².